The Labute approximate surface area is 172 Å². The standard InChI is InChI=1S/C19H20ClN3O5S/c20-12-3-7-16-15(9-12)23-19(28-16)11-1-4-13(5-2-11)22-18(24)17-8-6-14(27-17)10-29(21,25)26/h3,6-9,11,13H,1-2,4-5,10H2,(H,22,24)(H2,21,25,26). The van der Waals surface area contributed by atoms with Crippen LogP contribution in [0.1, 0.15) is 53.8 Å². The van der Waals surface area contributed by atoms with Gasteiger partial charge in [0.25, 0.3) is 5.91 Å². The number of rotatable bonds is 5. The number of benzene rings is 1. The van der Waals surface area contributed by atoms with E-state index in [-0.39, 0.29) is 29.4 Å². The Kier molecular flexibility index (Phi) is 5.37. The van der Waals surface area contributed by atoms with Crippen molar-refractivity contribution in [2.75, 3.05) is 0 Å². The highest BCUT2D eigenvalue weighted by atomic mass is 35.5. The van der Waals surface area contributed by atoms with Gasteiger partial charge in [0.05, 0.1) is 0 Å². The molecule has 1 amide bonds. The highest BCUT2D eigenvalue weighted by Crippen LogP contribution is 2.34. The van der Waals surface area contributed by atoms with Gasteiger partial charge in [-0.25, -0.2) is 18.5 Å². The molecule has 0 aliphatic heterocycles. The Balaban J connectivity index is 1.34. The number of sulfonamides is 1. The van der Waals surface area contributed by atoms with Gasteiger partial charge in [-0.15, -0.1) is 0 Å². The second kappa shape index (κ2) is 7.81. The minimum atomic E-state index is -3.71. The summed E-state index contributed by atoms with van der Waals surface area (Å²) in [5.74, 6) is 0.288. The SMILES string of the molecule is NS(=O)(=O)Cc1ccc(C(=O)NC2CCC(c3nc4cc(Cl)ccc4o3)CC2)o1. The lowest BCUT2D eigenvalue weighted by Crippen LogP contribution is -2.37. The zero-order valence-electron chi connectivity index (χ0n) is 15.4. The molecular weight excluding hydrogens is 418 g/mol. The Bertz CT molecular complexity index is 1150. The second-order valence-corrected chi connectivity index (χ2v) is 9.31. The maximum Gasteiger partial charge on any atom is 0.287 e. The van der Waals surface area contributed by atoms with Crippen molar-refractivity contribution < 1.29 is 22.0 Å². The quantitative estimate of drug-likeness (QED) is 0.630. The Morgan fingerprint density at radius 2 is 1.93 bits per heavy atom. The van der Waals surface area contributed by atoms with Crippen LogP contribution in [-0.4, -0.2) is 25.4 Å². The first-order valence-corrected chi connectivity index (χ1v) is 11.3. The molecule has 0 unspecified atom stereocenters. The number of hydrogen-bond acceptors (Lipinski definition) is 6. The third kappa shape index (κ3) is 4.80. The lowest BCUT2D eigenvalue weighted by atomic mass is 9.86. The van der Waals surface area contributed by atoms with Gasteiger partial charge < -0.3 is 14.2 Å². The molecule has 0 bridgehead atoms. The van der Waals surface area contributed by atoms with E-state index >= 15 is 0 Å². The summed E-state index contributed by atoms with van der Waals surface area (Å²) in [6.07, 6.45) is 3.22. The average Bonchev–Trinajstić information content (AvgIpc) is 3.27. The number of nitrogens with two attached hydrogens (primary N) is 1. The van der Waals surface area contributed by atoms with Gasteiger partial charge in [-0.05, 0) is 56.0 Å². The van der Waals surface area contributed by atoms with Crippen molar-refractivity contribution in [2.24, 2.45) is 5.14 Å². The van der Waals surface area contributed by atoms with Crippen molar-refractivity contribution in [3.8, 4) is 0 Å². The van der Waals surface area contributed by atoms with Crippen LogP contribution in [0.25, 0.3) is 11.1 Å². The number of amides is 1. The lowest BCUT2D eigenvalue weighted by Gasteiger charge is -2.27. The highest BCUT2D eigenvalue weighted by molar-refractivity contribution is 7.88. The highest BCUT2D eigenvalue weighted by Gasteiger charge is 2.27. The lowest BCUT2D eigenvalue weighted by molar-refractivity contribution is 0.0895. The smallest absolute Gasteiger partial charge is 0.287 e. The molecule has 1 aromatic carbocycles. The van der Waals surface area contributed by atoms with Crippen molar-refractivity contribution in [3.63, 3.8) is 0 Å². The number of nitrogens with zero attached hydrogens (tertiary/aromatic N) is 1. The van der Waals surface area contributed by atoms with Crippen LogP contribution in [-0.2, 0) is 15.8 Å². The molecule has 1 saturated carbocycles. The van der Waals surface area contributed by atoms with Crippen LogP contribution in [0, 0.1) is 0 Å². The van der Waals surface area contributed by atoms with Crippen LogP contribution in [0.4, 0.5) is 0 Å². The maximum atomic E-state index is 12.4. The number of carbonyl (C=O) groups is 1. The molecule has 154 valence electrons. The molecule has 29 heavy (non-hydrogen) atoms. The first-order chi connectivity index (χ1) is 13.8. The van der Waals surface area contributed by atoms with Gasteiger partial charge in [0, 0.05) is 17.0 Å². The average molecular weight is 438 g/mol. The summed E-state index contributed by atoms with van der Waals surface area (Å²) in [7, 11) is -3.71. The van der Waals surface area contributed by atoms with Gasteiger partial charge in [-0.2, -0.15) is 0 Å². The summed E-state index contributed by atoms with van der Waals surface area (Å²) in [6.45, 7) is 0. The van der Waals surface area contributed by atoms with E-state index in [4.69, 9.17) is 25.6 Å². The van der Waals surface area contributed by atoms with Crippen molar-refractivity contribution in [2.45, 2.75) is 43.4 Å². The van der Waals surface area contributed by atoms with E-state index in [0.29, 0.717) is 16.5 Å². The molecule has 1 aliphatic carbocycles. The molecule has 0 atom stereocenters. The molecule has 3 aromatic rings. The fourth-order valence-corrected chi connectivity index (χ4v) is 4.33. The van der Waals surface area contributed by atoms with Crippen LogP contribution in [0.15, 0.2) is 39.2 Å². The molecule has 8 nitrogen and oxygen atoms in total. The van der Waals surface area contributed by atoms with Crippen LogP contribution < -0.4 is 10.5 Å². The number of aromatic nitrogens is 1. The Morgan fingerprint density at radius 3 is 2.66 bits per heavy atom. The number of primary sulfonamides is 1. The fourth-order valence-electron chi connectivity index (χ4n) is 3.61. The largest absolute Gasteiger partial charge is 0.455 e. The van der Waals surface area contributed by atoms with Gasteiger partial charge in [0.2, 0.25) is 10.0 Å². The molecule has 1 aliphatic rings. The van der Waals surface area contributed by atoms with Crippen LogP contribution in [0.3, 0.4) is 0 Å². The summed E-state index contributed by atoms with van der Waals surface area (Å²) < 4.78 is 33.4. The van der Waals surface area contributed by atoms with Gasteiger partial charge in [0.15, 0.2) is 17.2 Å². The molecular formula is C19H20ClN3O5S. The zero-order valence-corrected chi connectivity index (χ0v) is 17.0. The van der Waals surface area contributed by atoms with E-state index in [9.17, 15) is 13.2 Å². The van der Waals surface area contributed by atoms with E-state index < -0.39 is 15.8 Å². The number of fused-ring (bicyclic) bond motifs is 1. The van der Waals surface area contributed by atoms with Gasteiger partial charge in [-0.3, -0.25) is 4.79 Å². The zero-order chi connectivity index (χ0) is 20.6. The fraction of sp³-hybridized carbons (Fsp3) is 0.368. The van der Waals surface area contributed by atoms with E-state index in [1.165, 1.54) is 12.1 Å². The van der Waals surface area contributed by atoms with E-state index in [0.717, 1.165) is 31.2 Å². The summed E-state index contributed by atoms with van der Waals surface area (Å²) in [4.78, 5) is 16.9. The molecule has 3 N–H and O–H groups in total. The second-order valence-electron chi connectivity index (χ2n) is 7.26. The normalized spacial score (nSPS) is 20.1. The minimum Gasteiger partial charge on any atom is -0.455 e. The molecule has 0 radical (unpaired) electrons. The number of carbonyl (C=O) groups excluding carboxylic acids is 1. The monoisotopic (exact) mass is 437 g/mol. The third-order valence-corrected chi connectivity index (χ3v) is 5.93. The van der Waals surface area contributed by atoms with Crippen molar-refractivity contribution in [3.05, 3.63) is 52.8 Å². The van der Waals surface area contributed by atoms with Gasteiger partial charge in [0.1, 0.15) is 17.0 Å². The predicted octanol–water partition coefficient (Wildman–Crippen LogP) is 3.32. The molecule has 1 fully saturated rings. The Morgan fingerprint density at radius 1 is 1.17 bits per heavy atom. The molecule has 2 aromatic heterocycles. The summed E-state index contributed by atoms with van der Waals surface area (Å²) in [6, 6.07) is 8.26. The predicted molar refractivity (Wildman–Crippen MR) is 107 cm³/mol. The van der Waals surface area contributed by atoms with E-state index in [1.807, 2.05) is 6.07 Å². The molecule has 2 heterocycles. The third-order valence-electron chi connectivity index (χ3n) is 5.01. The summed E-state index contributed by atoms with van der Waals surface area (Å²) >= 11 is 6.00. The minimum absolute atomic E-state index is 0.00404. The van der Waals surface area contributed by atoms with Gasteiger partial charge in [-0.1, -0.05) is 11.6 Å². The topological polar surface area (TPSA) is 128 Å². The maximum absolute atomic E-state index is 12.4. The molecule has 0 saturated heterocycles. The number of nitrogens with one attached hydrogen (secondary N) is 1. The van der Waals surface area contributed by atoms with Gasteiger partial charge >= 0.3 is 0 Å². The Hall–Kier alpha value is -2.36. The van der Waals surface area contributed by atoms with Crippen LogP contribution in [0.5, 0.6) is 0 Å². The van der Waals surface area contributed by atoms with E-state index in [2.05, 4.69) is 10.3 Å². The van der Waals surface area contributed by atoms with Crippen molar-refractivity contribution in [1.82, 2.24) is 10.3 Å². The molecule has 0 spiro atoms. The summed E-state index contributed by atoms with van der Waals surface area (Å²) in [5, 5.41) is 8.54. The number of halogens is 1. The number of oxazole rings is 1. The van der Waals surface area contributed by atoms with Crippen molar-refractivity contribution in [1.29, 1.82) is 0 Å². The first kappa shape index (κ1) is 19.9. The van der Waals surface area contributed by atoms with E-state index in [1.54, 1.807) is 12.1 Å². The summed E-state index contributed by atoms with van der Waals surface area (Å²) in [5.41, 5.74) is 1.46. The first-order valence-electron chi connectivity index (χ1n) is 9.23. The van der Waals surface area contributed by atoms with Crippen LogP contribution >= 0.6 is 11.6 Å². The number of furan rings is 1. The molecule has 10 heteroatoms. The molecule has 4 rings (SSSR count). The van der Waals surface area contributed by atoms with Crippen molar-refractivity contribution >= 4 is 38.6 Å². The number of hydrogen-bond donors (Lipinski definition) is 2. The van der Waals surface area contributed by atoms with Crippen LogP contribution in [0.2, 0.25) is 5.02 Å².